The Bertz CT molecular complexity index is 758. The first-order chi connectivity index (χ1) is 13.0. The van der Waals surface area contributed by atoms with E-state index < -0.39 is 11.9 Å². The molecule has 0 bridgehead atoms. The third-order valence-corrected chi connectivity index (χ3v) is 4.83. The highest BCUT2D eigenvalue weighted by atomic mass is 16.8. The fourth-order valence-electron chi connectivity index (χ4n) is 3.51. The minimum atomic E-state index is -0.666. The molecule has 144 valence electrons. The SMILES string of the molecule is CC1(C)O[C@H](COCc2ccccc2)[C@@H](C[C@H]2O[C@@H]2C(=O)n2cccc2)O1. The number of aromatic nitrogens is 1. The van der Waals surface area contributed by atoms with E-state index in [4.69, 9.17) is 18.9 Å². The average molecular weight is 371 g/mol. The van der Waals surface area contributed by atoms with Crippen LogP contribution in [0.15, 0.2) is 54.9 Å². The zero-order valence-electron chi connectivity index (χ0n) is 15.6. The van der Waals surface area contributed by atoms with E-state index in [1.54, 1.807) is 17.0 Å². The second-order valence-electron chi connectivity index (χ2n) is 7.47. The fraction of sp³-hybridized carbons (Fsp3) is 0.476. The van der Waals surface area contributed by atoms with E-state index in [-0.39, 0.29) is 24.2 Å². The van der Waals surface area contributed by atoms with Crippen LogP contribution in [0.25, 0.3) is 0 Å². The molecule has 3 heterocycles. The summed E-state index contributed by atoms with van der Waals surface area (Å²) in [5.41, 5.74) is 1.12. The normalized spacial score (nSPS) is 29.0. The summed E-state index contributed by atoms with van der Waals surface area (Å²) in [6.07, 6.45) is 3.19. The highest BCUT2D eigenvalue weighted by Crippen LogP contribution is 2.36. The van der Waals surface area contributed by atoms with Crippen LogP contribution < -0.4 is 0 Å². The molecule has 1 aromatic heterocycles. The van der Waals surface area contributed by atoms with Gasteiger partial charge in [-0.2, -0.15) is 0 Å². The summed E-state index contributed by atoms with van der Waals surface area (Å²) < 4.78 is 25.0. The number of benzene rings is 1. The van der Waals surface area contributed by atoms with Gasteiger partial charge in [-0.15, -0.1) is 0 Å². The van der Waals surface area contributed by atoms with Crippen LogP contribution in [0.2, 0.25) is 0 Å². The first-order valence-electron chi connectivity index (χ1n) is 9.32. The first-order valence-corrected chi connectivity index (χ1v) is 9.32. The van der Waals surface area contributed by atoms with Gasteiger partial charge >= 0.3 is 0 Å². The van der Waals surface area contributed by atoms with Crippen molar-refractivity contribution in [1.82, 2.24) is 4.57 Å². The lowest BCUT2D eigenvalue weighted by molar-refractivity contribution is -0.151. The third kappa shape index (κ3) is 4.47. The van der Waals surface area contributed by atoms with E-state index in [9.17, 15) is 4.79 Å². The minimum absolute atomic E-state index is 0.0416. The number of carbonyl (C=O) groups excluding carboxylic acids is 1. The van der Waals surface area contributed by atoms with Crippen molar-refractivity contribution in [3.63, 3.8) is 0 Å². The molecule has 0 saturated carbocycles. The number of ether oxygens (including phenoxy) is 4. The van der Waals surface area contributed by atoms with Gasteiger partial charge < -0.3 is 18.9 Å². The standard InChI is InChI=1S/C21H25NO5/c1-21(2)26-16(12-17-19(25-17)20(23)22-10-6-7-11-22)18(27-21)14-24-13-15-8-4-3-5-9-15/h3-11,16-19H,12-14H2,1-2H3/t16-,17-,18-,19+/m1/s1. The van der Waals surface area contributed by atoms with Crippen molar-refractivity contribution in [2.75, 3.05) is 6.61 Å². The van der Waals surface area contributed by atoms with Crippen molar-refractivity contribution in [3.05, 3.63) is 60.4 Å². The van der Waals surface area contributed by atoms with Crippen LogP contribution in [0.4, 0.5) is 0 Å². The molecule has 6 heteroatoms. The van der Waals surface area contributed by atoms with Crippen molar-refractivity contribution in [1.29, 1.82) is 0 Å². The number of hydrogen-bond donors (Lipinski definition) is 0. The number of rotatable bonds is 7. The van der Waals surface area contributed by atoms with Gasteiger partial charge in [-0.05, 0) is 31.5 Å². The molecule has 4 atom stereocenters. The highest BCUT2D eigenvalue weighted by molar-refractivity contribution is 5.86. The van der Waals surface area contributed by atoms with Gasteiger partial charge in [0.15, 0.2) is 11.9 Å². The summed E-state index contributed by atoms with van der Waals surface area (Å²) in [6.45, 7) is 4.76. The van der Waals surface area contributed by atoms with Gasteiger partial charge in [0, 0.05) is 18.8 Å². The smallest absolute Gasteiger partial charge is 0.262 e. The van der Waals surface area contributed by atoms with Crippen molar-refractivity contribution in [2.24, 2.45) is 0 Å². The lowest BCUT2D eigenvalue weighted by Crippen LogP contribution is -2.30. The van der Waals surface area contributed by atoms with Crippen molar-refractivity contribution in [3.8, 4) is 0 Å². The van der Waals surface area contributed by atoms with Gasteiger partial charge in [0.2, 0.25) is 0 Å². The van der Waals surface area contributed by atoms with E-state index in [0.29, 0.717) is 19.6 Å². The van der Waals surface area contributed by atoms with Gasteiger partial charge in [0.25, 0.3) is 5.91 Å². The average Bonchev–Trinajstić information content (AvgIpc) is 3.06. The second-order valence-corrected chi connectivity index (χ2v) is 7.47. The number of hydrogen-bond acceptors (Lipinski definition) is 5. The molecule has 2 aliphatic heterocycles. The molecule has 0 unspecified atom stereocenters. The van der Waals surface area contributed by atoms with Crippen LogP contribution in [0.3, 0.4) is 0 Å². The third-order valence-electron chi connectivity index (χ3n) is 4.83. The minimum Gasteiger partial charge on any atom is -0.374 e. The van der Waals surface area contributed by atoms with Gasteiger partial charge in [-0.3, -0.25) is 9.36 Å². The number of nitrogens with zero attached hydrogens (tertiary/aromatic N) is 1. The fourth-order valence-corrected chi connectivity index (χ4v) is 3.51. The zero-order chi connectivity index (χ0) is 18.9. The molecule has 0 radical (unpaired) electrons. The molecule has 0 N–H and O–H groups in total. The Morgan fingerprint density at radius 1 is 1.04 bits per heavy atom. The molecule has 2 saturated heterocycles. The molecule has 4 rings (SSSR count). The van der Waals surface area contributed by atoms with Crippen LogP contribution in [0.5, 0.6) is 0 Å². The summed E-state index contributed by atoms with van der Waals surface area (Å²) in [5, 5.41) is 0. The maximum atomic E-state index is 12.3. The summed E-state index contributed by atoms with van der Waals surface area (Å²) in [4.78, 5) is 12.3. The molecule has 0 amide bonds. The van der Waals surface area contributed by atoms with Crippen LogP contribution >= 0.6 is 0 Å². The maximum Gasteiger partial charge on any atom is 0.262 e. The summed E-state index contributed by atoms with van der Waals surface area (Å²) in [5.74, 6) is -0.708. The lowest BCUT2D eigenvalue weighted by Gasteiger charge is -2.16. The van der Waals surface area contributed by atoms with Crippen LogP contribution in [-0.4, -0.2) is 47.3 Å². The largest absolute Gasteiger partial charge is 0.374 e. The molecule has 6 nitrogen and oxygen atoms in total. The van der Waals surface area contributed by atoms with Crippen LogP contribution in [0.1, 0.15) is 30.6 Å². The van der Waals surface area contributed by atoms with Gasteiger partial charge in [-0.1, -0.05) is 30.3 Å². The summed E-state index contributed by atoms with van der Waals surface area (Å²) in [7, 11) is 0. The molecular formula is C21H25NO5. The Morgan fingerprint density at radius 3 is 2.48 bits per heavy atom. The van der Waals surface area contributed by atoms with Crippen molar-refractivity contribution < 1.29 is 23.7 Å². The first kappa shape index (κ1) is 18.4. The van der Waals surface area contributed by atoms with Gasteiger partial charge in [0.05, 0.1) is 25.4 Å². The number of carbonyl (C=O) groups is 1. The molecule has 2 aliphatic rings. The van der Waals surface area contributed by atoms with Crippen molar-refractivity contribution in [2.45, 2.75) is 57.1 Å². The molecule has 0 spiro atoms. The van der Waals surface area contributed by atoms with Crippen LogP contribution in [-0.2, 0) is 25.6 Å². The van der Waals surface area contributed by atoms with Gasteiger partial charge in [0.1, 0.15) is 6.10 Å². The van der Waals surface area contributed by atoms with E-state index in [0.717, 1.165) is 5.56 Å². The second kappa shape index (κ2) is 7.56. The molecular weight excluding hydrogens is 346 g/mol. The van der Waals surface area contributed by atoms with E-state index in [1.807, 2.05) is 56.3 Å². The molecule has 1 aromatic carbocycles. The Morgan fingerprint density at radius 2 is 1.74 bits per heavy atom. The molecule has 27 heavy (non-hydrogen) atoms. The van der Waals surface area contributed by atoms with Gasteiger partial charge in [-0.25, -0.2) is 0 Å². The van der Waals surface area contributed by atoms with E-state index in [1.165, 1.54) is 0 Å². The molecule has 2 fully saturated rings. The zero-order valence-corrected chi connectivity index (χ0v) is 15.6. The molecule has 0 aliphatic carbocycles. The lowest BCUT2D eigenvalue weighted by atomic mass is 10.1. The predicted octanol–water partition coefficient (Wildman–Crippen LogP) is 3.02. The molecule has 2 aromatic rings. The Labute approximate surface area is 159 Å². The monoisotopic (exact) mass is 371 g/mol. The van der Waals surface area contributed by atoms with Crippen molar-refractivity contribution >= 4 is 5.91 Å². The highest BCUT2D eigenvalue weighted by Gasteiger charge is 2.51. The Kier molecular flexibility index (Phi) is 5.14. The number of epoxide rings is 1. The summed E-state index contributed by atoms with van der Waals surface area (Å²) in [6, 6.07) is 13.7. The van der Waals surface area contributed by atoms with E-state index in [2.05, 4.69) is 0 Å². The van der Waals surface area contributed by atoms with E-state index >= 15 is 0 Å². The topological polar surface area (TPSA) is 62.2 Å². The summed E-state index contributed by atoms with van der Waals surface area (Å²) >= 11 is 0. The quantitative estimate of drug-likeness (QED) is 0.700. The maximum absolute atomic E-state index is 12.3. The predicted molar refractivity (Wildman–Crippen MR) is 98.3 cm³/mol. The van der Waals surface area contributed by atoms with Crippen LogP contribution in [0, 0.1) is 0 Å². The Balaban J connectivity index is 1.30. The Hall–Kier alpha value is -1.99.